The van der Waals surface area contributed by atoms with Gasteiger partial charge in [0.1, 0.15) is 0 Å². The summed E-state index contributed by atoms with van der Waals surface area (Å²) in [5, 5.41) is 11.9. The van der Waals surface area contributed by atoms with Crippen LogP contribution in [0.4, 0.5) is 0 Å². The minimum absolute atomic E-state index is 0.0172. The first-order valence-corrected chi connectivity index (χ1v) is 10.3. The lowest BCUT2D eigenvalue weighted by molar-refractivity contribution is -0.137. The van der Waals surface area contributed by atoms with Crippen LogP contribution >= 0.6 is 0 Å². The van der Waals surface area contributed by atoms with Crippen molar-refractivity contribution < 1.29 is 23.1 Å². The highest BCUT2D eigenvalue weighted by atomic mass is 32.2. The van der Waals surface area contributed by atoms with E-state index in [-0.39, 0.29) is 29.4 Å². The van der Waals surface area contributed by atoms with Crippen molar-refractivity contribution in [3.63, 3.8) is 0 Å². The third-order valence-electron chi connectivity index (χ3n) is 4.28. The van der Waals surface area contributed by atoms with E-state index in [1.807, 2.05) is 19.1 Å². The third-order valence-corrected chi connectivity index (χ3v) is 6.01. The van der Waals surface area contributed by atoms with E-state index in [4.69, 9.17) is 0 Å². The first-order valence-electron chi connectivity index (χ1n) is 8.61. The van der Waals surface area contributed by atoms with Crippen LogP contribution in [0.15, 0.2) is 53.4 Å². The van der Waals surface area contributed by atoms with Crippen molar-refractivity contribution in [2.45, 2.75) is 37.6 Å². The van der Waals surface area contributed by atoms with Gasteiger partial charge in [0.05, 0.1) is 29.5 Å². The number of carboxylic acids is 1. The molecular formula is C20H23NO5S. The summed E-state index contributed by atoms with van der Waals surface area (Å²) < 4.78 is 24.0. The number of carbonyl (C=O) groups is 2. The number of hydrogen-bond acceptors (Lipinski definition) is 4. The van der Waals surface area contributed by atoms with Gasteiger partial charge in [0, 0.05) is 0 Å². The Morgan fingerprint density at radius 1 is 1.11 bits per heavy atom. The van der Waals surface area contributed by atoms with Gasteiger partial charge in [-0.25, -0.2) is 8.42 Å². The fraction of sp³-hybridized carbons (Fsp3) is 0.300. The lowest BCUT2D eigenvalue weighted by atomic mass is 9.98. The Labute approximate surface area is 159 Å². The van der Waals surface area contributed by atoms with Gasteiger partial charge in [0.25, 0.3) is 0 Å². The number of hydrogen-bond donors (Lipinski definition) is 2. The van der Waals surface area contributed by atoms with Gasteiger partial charge in [-0.15, -0.1) is 0 Å². The molecule has 0 heterocycles. The van der Waals surface area contributed by atoms with Gasteiger partial charge in [-0.3, -0.25) is 9.59 Å². The molecule has 0 aliphatic heterocycles. The lowest BCUT2D eigenvalue weighted by Gasteiger charge is -2.19. The number of aryl methyl sites for hydroxylation is 1. The minimum atomic E-state index is -3.35. The maximum Gasteiger partial charge on any atom is 0.305 e. The zero-order valence-electron chi connectivity index (χ0n) is 15.3. The second kappa shape index (κ2) is 8.81. The molecule has 2 rings (SSSR count). The molecule has 2 aromatic carbocycles. The Balaban J connectivity index is 2.18. The maximum absolute atomic E-state index is 12.5. The predicted molar refractivity (Wildman–Crippen MR) is 102 cm³/mol. The molecule has 27 heavy (non-hydrogen) atoms. The van der Waals surface area contributed by atoms with Crippen LogP contribution in [0.1, 0.15) is 36.1 Å². The number of nitrogens with one attached hydrogen (secondary N) is 1. The summed E-state index contributed by atoms with van der Waals surface area (Å²) in [6.07, 6.45) is -0.268. The zero-order valence-corrected chi connectivity index (χ0v) is 16.1. The van der Waals surface area contributed by atoms with E-state index in [1.165, 1.54) is 12.1 Å². The van der Waals surface area contributed by atoms with Gasteiger partial charge in [0.15, 0.2) is 9.84 Å². The number of amides is 1. The Bertz CT molecular complexity index is 937. The summed E-state index contributed by atoms with van der Waals surface area (Å²) >= 11 is 0. The molecule has 0 saturated carbocycles. The molecule has 7 heteroatoms. The van der Waals surface area contributed by atoms with Crippen LogP contribution in [0.2, 0.25) is 0 Å². The summed E-state index contributed by atoms with van der Waals surface area (Å²) in [7, 11) is -3.35. The van der Waals surface area contributed by atoms with Crippen LogP contribution in [-0.2, 0) is 25.8 Å². The smallest absolute Gasteiger partial charge is 0.305 e. The first kappa shape index (κ1) is 20.6. The van der Waals surface area contributed by atoms with Crippen molar-refractivity contribution in [3.8, 4) is 0 Å². The van der Waals surface area contributed by atoms with Crippen molar-refractivity contribution in [2.75, 3.05) is 5.75 Å². The topological polar surface area (TPSA) is 101 Å². The normalized spacial score (nSPS) is 12.4. The number of rotatable bonds is 8. The molecule has 144 valence electrons. The van der Waals surface area contributed by atoms with Crippen LogP contribution in [-0.4, -0.2) is 31.2 Å². The van der Waals surface area contributed by atoms with E-state index in [0.29, 0.717) is 5.56 Å². The summed E-state index contributed by atoms with van der Waals surface area (Å²) in [5.74, 6) is -1.40. The predicted octanol–water partition coefficient (Wildman–Crippen LogP) is 2.66. The van der Waals surface area contributed by atoms with Crippen molar-refractivity contribution in [3.05, 3.63) is 65.2 Å². The van der Waals surface area contributed by atoms with Crippen molar-refractivity contribution in [1.29, 1.82) is 0 Å². The van der Waals surface area contributed by atoms with E-state index in [9.17, 15) is 23.1 Å². The monoisotopic (exact) mass is 389 g/mol. The average molecular weight is 389 g/mol. The van der Waals surface area contributed by atoms with Crippen molar-refractivity contribution >= 4 is 21.7 Å². The standard InChI is InChI=1S/C20H23NO5S/c1-3-27(25,26)16-9-6-8-15(11-16)12-19(22)21-18(13-20(23)24)17-10-5-4-7-14(17)2/h4-11,18H,3,12-13H2,1-2H3,(H,21,22)(H,23,24). The van der Waals surface area contributed by atoms with Crippen LogP contribution in [0.5, 0.6) is 0 Å². The molecule has 0 bridgehead atoms. The van der Waals surface area contributed by atoms with Gasteiger partial charge in [-0.1, -0.05) is 43.3 Å². The van der Waals surface area contributed by atoms with Gasteiger partial charge >= 0.3 is 5.97 Å². The first-order chi connectivity index (χ1) is 12.7. The fourth-order valence-electron chi connectivity index (χ4n) is 2.84. The van der Waals surface area contributed by atoms with Crippen LogP contribution in [0, 0.1) is 6.92 Å². The van der Waals surface area contributed by atoms with Gasteiger partial charge in [0.2, 0.25) is 5.91 Å². The molecule has 0 fully saturated rings. The van der Waals surface area contributed by atoms with Crippen LogP contribution < -0.4 is 5.32 Å². The average Bonchev–Trinajstić information content (AvgIpc) is 2.61. The molecule has 1 amide bonds. The number of sulfone groups is 1. The second-order valence-electron chi connectivity index (χ2n) is 6.30. The Kier molecular flexibility index (Phi) is 6.74. The summed E-state index contributed by atoms with van der Waals surface area (Å²) in [4.78, 5) is 23.8. The maximum atomic E-state index is 12.5. The van der Waals surface area contributed by atoms with E-state index in [1.54, 1.807) is 31.2 Å². The van der Waals surface area contributed by atoms with E-state index < -0.39 is 21.8 Å². The third kappa shape index (κ3) is 5.65. The molecule has 2 aromatic rings. The molecule has 1 atom stereocenters. The number of carbonyl (C=O) groups excluding carboxylic acids is 1. The van der Waals surface area contributed by atoms with Crippen molar-refractivity contribution in [2.24, 2.45) is 0 Å². The van der Waals surface area contributed by atoms with Gasteiger partial charge in [-0.05, 0) is 35.7 Å². The zero-order chi connectivity index (χ0) is 20.0. The molecule has 1 unspecified atom stereocenters. The number of aliphatic carboxylic acids is 1. The molecule has 0 radical (unpaired) electrons. The van der Waals surface area contributed by atoms with E-state index in [2.05, 4.69) is 5.32 Å². The molecule has 0 aliphatic carbocycles. The Morgan fingerprint density at radius 2 is 1.81 bits per heavy atom. The summed E-state index contributed by atoms with van der Waals surface area (Å²) in [6, 6.07) is 12.9. The van der Waals surface area contributed by atoms with Crippen LogP contribution in [0.3, 0.4) is 0 Å². The van der Waals surface area contributed by atoms with Crippen molar-refractivity contribution in [1.82, 2.24) is 5.32 Å². The fourth-order valence-corrected chi connectivity index (χ4v) is 3.79. The SMILES string of the molecule is CCS(=O)(=O)c1cccc(CC(=O)NC(CC(=O)O)c2ccccc2C)c1. The molecular weight excluding hydrogens is 366 g/mol. The van der Waals surface area contributed by atoms with E-state index in [0.717, 1.165) is 11.1 Å². The quantitative estimate of drug-likeness (QED) is 0.723. The molecule has 0 spiro atoms. The molecule has 0 aromatic heterocycles. The molecule has 2 N–H and O–H groups in total. The highest BCUT2D eigenvalue weighted by Gasteiger charge is 2.20. The highest BCUT2D eigenvalue weighted by molar-refractivity contribution is 7.91. The lowest BCUT2D eigenvalue weighted by Crippen LogP contribution is -2.31. The summed E-state index contributed by atoms with van der Waals surface area (Å²) in [5.41, 5.74) is 2.19. The largest absolute Gasteiger partial charge is 0.481 e. The Morgan fingerprint density at radius 3 is 2.44 bits per heavy atom. The van der Waals surface area contributed by atoms with Gasteiger partial charge in [-0.2, -0.15) is 0 Å². The Hall–Kier alpha value is -2.67. The number of carboxylic acid groups (broad SMARTS) is 1. The second-order valence-corrected chi connectivity index (χ2v) is 8.58. The van der Waals surface area contributed by atoms with Crippen LogP contribution in [0.25, 0.3) is 0 Å². The highest BCUT2D eigenvalue weighted by Crippen LogP contribution is 2.21. The minimum Gasteiger partial charge on any atom is -0.481 e. The molecule has 0 saturated heterocycles. The summed E-state index contributed by atoms with van der Waals surface area (Å²) in [6.45, 7) is 3.42. The molecule has 6 nitrogen and oxygen atoms in total. The van der Waals surface area contributed by atoms with E-state index >= 15 is 0 Å². The van der Waals surface area contributed by atoms with Gasteiger partial charge < -0.3 is 10.4 Å². The number of benzene rings is 2. The molecule has 0 aliphatic rings.